The maximum atomic E-state index is 15.2. The Balaban J connectivity index is 1.17. The number of aromatic nitrogens is 3. The normalized spacial score (nSPS) is 19.1. The van der Waals surface area contributed by atoms with E-state index in [-0.39, 0.29) is 23.1 Å². The van der Waals surface area contributed by atoms with Crippen molar-refractivity contribution in [1.82, 2.24) is 19.9 Å². The predicted octanol–water partition coefficient (Wildman–Crippen LogP) is 4.19. The number of benzene rings is 1. The lowest BCUT2D eigenvalue weighted by atomic mass is 9.90. The minimum Gasteiger partial charge on any atom is -0.393 e. The Morgan fingerprint density at radius 2 is 2.00 bits per heavy atom. The van der Waals surface area contributed by atoms with Crippen LogP contribution in [0.4, 0.5) is 21.6 Å². The first-order valence-electron chi connectivity index (χ1n) is 14.3. The van der Waals surface area contributed by atoms with Crippen LogP contribution in [0.5, 0.6) is 0 Å². The zero-order chi connectivity index (χ0) is 28.0. The van der Waals surface area contributed by atoms with Crippen molar-refractivity contribution < 1.29 is 14.2 Å². The van der Waals surface area contributed by atoms with Gasteiger partial charge in [0.25, 0.3) is 5.56 Å². The van der Waals surface area contributed by atoms with Gasteiger partial charge in [-0.15, -0.1) is 0 Å². The van der Waals surface area contributed by atoms with E-state index in [9.17, 15) is 9.90 Å². The van der Waals surface area contributed by atoms with Crippen LogP contribution in [-0.4, -0.2) is 69.4 Å². The SMILES string of the molecule is O=c1[nH]ccc2nc(-c3cc(CN4CC5(CCCO5)C4)ccc3F)cc(Nc3ccc(N4CCC(O)CC4)cn3)c12. The fourth-order valence-electron chi connectivity index (χ4n) is 6.35. The lowest BCUT2D eigenvalue weighted by Gasteiger charge is -2.47. The Morgan fingerprint density at radius 1 is 1.15 bits per heavy atom. The zero-order valence-electron chi connectivity index (χ0n) is 22.8. The van der Waals surface area contributed by atoms with Gasteiger partial charge in [-0.05, 0) is 67.6 Å². The number of aromatic amines is 1. The van der Waals surface area contributed by atoms with Gasteiger partial charge >= 0.3 is 0 Å². The summed E-state index contributed by atoms with van der Waals surface area (Å²) in [5.74, 6) is 0.187. The molecule has 0 atom stereocenters. The lowest BCUT2D eigenvalue weighted by molar-refractivity contribution is -0.114. The first-order chi connectivity index (χ1) is 19.9. The van der Waals surface area contributed by atoms with Gasteiger partial charge in [0.05, 0.1) is 45.9 Å². The molecular weight excluding hydrogens is 523 g/mol. The summed E-state index contributed by atoms with van der Waals surface area (Å²) in [6.45, 7) is 4.90. The Hall–Kier alpha value is -3.86. The van der Waals surface area contributed by atoms with E-state index in [1.54, 1.807) is 24.5 Å². The second-order valence-electron chi connectivity index (χ2n) is 11.5. The van der Waals surface area contributed by atoms with Gasteiger partial charge < -0.3 is 25.0 Å². The van der Waals surface area contributed by atoms with Gasteiger partial charge in [-0.1, -0.05) is 6.07 Å². The number of nitrogens with one attached hydrogen (secondary N) is 2. The number of H-pyrrole nitrogens is 1. The Bertz CT molecular complexity index is 1620. The van der Waals surface area contributed by atoms with E-state index in [0.29, 0.717) is 40.2 Å². The molecule has 0 unspecified atom stereocenters. The number of piperidine rings is 1. The number of halogens is 1. The number of nitrogens with zero attached hydrogens (tertiary/aromatic N) is 4. The van der Waals surface area contributed by atoms with Crippen LogP contribution >= 0.6 is 0 Å². The maximum Gasteiger partial charge on any atom is 0.259 e. The van der Waals surface area contributed by atoms with Crippen LogP contribution in [0, 0.1) is 5.82 Å². The molecule has 3 aliphatic rings. The number of aliphatic hydroxyl groups excluding tert-OH is 1. The highest BCUT2D eigenvalue weighted by molar-refractivity contribution is 5.94. The molecule has 0 amide bonds. The number of anilines is 3. The van der Waals surface area contributed by atoms with Crippen molar-refractivity contribution in [2.24, 2.45) is 0 Å². The highest BCUT2D eigenvalue weighted by Gasteiger charge is 2.46. The molecule has 1 aromatic carbocycles. The molecule has 0 bridgehead atoms. The van der Waals surface area contributed by atoms with Crippen molar-refractivity contribution in [3.63, 3.8) is 0 Å². The van der Waals surface area contributed by atoms with Gasteiger partial charge in [0.15, 0.2) is 0 Å². The molecule has 9 nitrogen and oxygen atoms in total. The third-order valence-electron chi connectivity index (χ3n) is 8.49. The van der Waals surface area contributed by atoms with E-state index in [4.69, 9.17) is 4.74 Å². The van der Waals surface area contributed by atoms with Gasteiger partial charge in [-0.3, -0.25) is 9.69 Å². The molecule has 3 fully saturated rings. The van der Waals surface area contributed by atoms with Crippen molar-refractivity contribution in [3.8, 4) is 11.3 Å². The average Bonchev–Trinajstić information content (AvgIpc) is 3.45. The Morgan fingerprint density at radius 3 is 2.76 bits per heavy atom. The number of fused-ring (bicyclic) bond motifs is 1. The highest BCUT2D eigenvalue weighted by Crippen LogP contribution is 2.36. The number of hydrogen-bond donors (Lipinski definition) is 3. The first kappa shape index (κ1) is 26.1. The summed E-state index contributed by atoms with van der Waals surface area (Å²) in [4.78, 5) is 29.3. The summed E-state index contributed by atoms with van der Waals surface area (Å²) in [5.41, 5.74) is 3.49. The molecule has 3 aliphatic heterocycles. The Kier molecular flexibility index (Phi) is 6.69. The van der Waals surface area contributed by atoms with Crippen LogP contribution in [0.25, 0.3) is 22.2 Å². The van der Waals surface area contributed by atoms with Gasteiger partial charge in [0.2, 0.25) is 0 Å². The molecular formula is C31H33FN6O3. The number of aliphatic hydroxyl groups is 1. The van der Waals surface area contributed by atoms with Gasteiger partial charge in [0.1, 0.15) is 11.6 Å². The van der Waals surface area contributed by atoms with E-state index >= 15 is 4.39 Å². The molecule has 41 heavy (non-hydrogen) atoms. The molecule has 212 valence electrons. The second kappa shape index (κ2) is 10.5. The molecule has 3 aromatic heterocycles. The molecule has 4 aromatic rings. The molecule has 1 spiro atoms. The number of likely N-dealkylation sites (tertiary alicyclic amines) is 1. The second-order valence-corrected chi connectivity index (χ2v) is 11.5. The van der Waals surface area contributed by atoms with Crippen molar-refractivity contribution in [2.45, 2.75) is 43.9 Å². The van der Waals surface area contributed by atoms with E-state index in [1.165, 1.54) is 6.07 Å². The van der Waals surface area contributed by atoms with Crippen LogP contribution in [0.15, 0.2) is 59.7 Å². The standard InChI is InChI=1S/C31H33FN6O3/c32-24-4-2-20(17-37-18-31(19-37)9-1-13-41-31)14-23(24)26-15-27(29-25(35-26)6-10-33-30(29)40)36-28-5-3-21(16-34-28)38-11-7-22(39)8-12-38/h2-6,10,14-16,22,39H,1,7-9,11-13,17-19H2,(H,33,40)(H,34,35,36). The highest BCUT2D eigenvalue weighted by atomic mass is 19.1. The molecule has 0 radical (unpaired) electrons. The van der Waals surface area contributed by atoms with Gasteiger partial charge in [-0.2, -0.15) is 0 Å². The lowest BCUT2D eigenvalue weighted by Crippen LogP contribution is -2.60. The van der Waals surface area contributed by atoms with Crippen LogP contribution in [0.3, 0.4) is 0 Å². The van der Waals surface area contributed by atoms with Gasteiger partial charge in [0, 0.05) is 51.1 Å². The van der Waals surface area contributed by atoms with E-state index in [0.717, 1.165) is 69.7 Å². The third kappa shape index (κ3) is 5.18. The van der Waals surface area contributed by atoms with Crippen LogP contribution in [-0.2, 0) is 11.3 Å². The Labute approximate surface area is 237 Å². The molecule has 10 heteroatoms. The van der Waals surface area contributed by atoms with Crippen LogP contribution in [0.2, 0.25) is 0 Å². The smallest absolute Gasteiger partial charge is 0.259 e. The largest absolute Gasteiger partial charge is 0.393 e. The summed E-state index contributed by atoms with van der Waals surface area (Å²) in [5, 5.41) is 13.5. The van der Waals surface area contributed by atoms with Crippen LogP contribution in [0.1, 0.15) is 31.2 Å². The molecule has 3 N–H and O–H groups in total. The van der Waals surface area contributed by atoms with Crippen LogP contribution < -0.4 is 15.8 Å². The average molecular weight is 557 g/mol. The quantitative estimate of drug-likeness (QED) is 0.325. The maximum absolute atomic E-state index is 15.2. The van der Waals surface area contributed by atoms with E-state index < -0.39 is 0 Å². The summed E-state index contributed by atoms with van der Waals surface area (Å²) in [7, 11) is 0. The fraction of sp³-hybridized carbons (Fsp3) is 0.387. The van der Waals surface area contributed by atoms with Gasteiger partial charge in [-0.25, -0.2) is 14.4 Å². The summed E-state index contributed by atoms with van der Waals surface area (Å²) in [6.07, 6.45) is 6.78. The molecule has 6 heterocycles. The number of hydrogen-bond acceptors (Lipinski definition) is 8. The van der Waals surface area contributed by atoms with Crippen molar-refractivity contribution in [3.05, 3.63) is 76.6 Å². The molecule has 3 saturated heterocycles. The minimum atomic E-state index is -0.371. The van der Waals surface area contributed by atoms with Crippen molar-refractivity contribution in [2.75, 3.05) is 43.0 Å². The van der Waals surface area contributed by atoms with E-state index in [1.807, 2.05) is 24.3 Å². The number of rotatable bonds is 6. The number of ether oxygens (including phenoxy) is 1. The summed E-state index contributed by atoms with van der Waals surface area (Å²) in [6, 6.07) is 12.4. The topological polar surface area (TPSA) is 107 Å². The third-order valence-corrected chi connectivity index (χ3v) is 8.49. The minimum absolute atomic E-state index is 0.0128. The zero-order valence-corrected chi connectivity index (χ0v) is 22.8. The predicted molar refractivity (Wildman–Crippen MR) is 156 cm³/mol. The molecule has 0 saturated carbocycles. The molecule has 7 rings (SSSR count). The van der Waals surface area contributed by atoms with Crippen molar-refractivity contribution in [1.29, 1.82) is 0 Å². The van der Waals surface area contributed by atoms with Crippen molar-refractivity contribution >= 4 is 28.1 Å². The monoisotopic (exact) mass is 556 g/mol. The fourth-order valence-corrected chi connectivity index (χ4v) is 6.35. The summed E-state index contributed by atoms with van der Waals surface area (Å²) < 4.78 is 21.2. The number of pyridine rings is 3. The summed E-state index contributed by atoms with van der Waals surface area (Å²) >= 11 is 0. The molecule has 0 aliphatic carbocycles. The van der Waals surface area contributed by atoms with E-state index in [2.05, 4.69) is 30.1 Å². The first-order valence-corrected chi connectivity index (χ1v) is 14.3.